The van der Waals surface area contributed by atoms with Gasteiger partial charge in [-0.2, -0.15) is 4.98 Å². The minimum atomic E-state index is -0.482. The van der Waals surface area contributed by atoms with Gasteiger partial charge in [-0.3, -0.25) is 4.79 Å². The molecule has 1 aliphatic heterocycles. The summed E-state index contributed by atoms with van der Waals surface area (Å²) in [4.78, 5) is 29.4. The van der Waals surface area contributed by atoms with E-state index in [4.69, 9.17) is 22.1 Å². The molecule has 1 atom stereocenters. The largest absolute Gasteiger partial charge is 0.480 e. The third-order valence-electron chi connectivity index (χ3n) is 4.65. The molecule has 0 radical (unpaired) electrons. The third-order valence-corrected chi connectivity index (χ3v) is 4.91. The van der Waals surface area contributed by atoms with Crippen molar-refractivity contribution >= 4 is 23.5 Å². The SMILES string of the molecule is COc1nc(-c2cc(F)ccc2[C@H]2Cc3nc(N)nc(C)c3C(=O)N2)ncc1Cl. The van der Waals surface area contributed by atoms with Gasteiger partial charge in [0.15, 0.2) is 5.82 Å². The number of amides is 1. The van der Waals surface area contributed by atoms with Crippen molar-refractivity contribution in [1.29, 1.82) is 0 Å². The van der Waals surface area contributed by atoms with Gasteiger partial charge in [0.2, 0.25) is 11.8 Å². The van der Waals surface area contributed by atoms with Crippen LogP contribution in [0.3, 0.4) is 0 Å². The van der Waals surface area contributed by atoms with Crippen LogP contribution in [0.4, 0.5) is 10.3 Å². The molecule has 4 rings (SSSR count). The first-order valence-electron chi connectivity index (χ1n) is 8.67. The second kappa shape index (κ2) is 7.25. The van der Waals surface area contributed by atoms with E-state index in [0.29, 0.717) is 34.5 Å². The highest BCUT2D eigenvalue weighted by Crippen LogP contribution is 2.34. The molecule has 3 N–H and O–H groups in total. The van der Waals surface area contributed by atoms with Crippen LogP contribution in [0.5, 0.6) is 5.88 Å². The first kappa shape index (κ1) is 19.0. The first-order chi connectivity index (χ1) is 13.9. The van der Waals surface area contributed by atoms with Crippen LogP contribution in [-0.2, 0) is 6.42 Å². The fourth-order valence-electron chi connectivity index (χ4n) is 3.41. The number of aromatic nitrogens is 4. The van der Waals surface area contributed by atoms with Crippen LogP contribution < -0.4 is 15.8 Å². The number of nitrogen functional groups attached to an aromatic ring is 1. The van der Waals surface area contributed by atoms with Gasteiger partial charge in [-0.15, -0.1) is 0 Å². The molecule has 3 aromatic rings. The van der Waals surface area contributed by atoms with Gasteiger partial charge < -0.3 is 15.8 Å². The Hall–Kier alpha value is -3.33. The summed E-state index contributed by atoms with van der Waals surface area (Å²) < 4.78 is 19.2. The van der Waals surface area contributed by atoms with Crippen LogP contribution in [0.2, 0.25) is 5.02 Å². The Morgan fingerprint density at radius 3 is 2.86 bits per heavy atom. The zero-order valence-electron chi connectivity index (χ0n) is 15.5. The maximum absolute atomic E-state index is 14.0. The number of hydrogen-bond acceptors (Lipinski definition) is 7. The highest BCUT2D eigenvalue weighted by atomic mass is 35.5. The number of halogens is 2. The molecule has 148 valence electrons. The minimum absolute atomic E-state index is 0.0970. The molecule has 0 saturated carbocycles. The summed E-state index contributed by atoms with van der Waals surface area (Å²) in [7, 11) is 1.43. The van der Waals surface area contributed by atoms with Gasteiger partial charge in [0.1, 0.15) is 10.8 Å². The van der Waals surface area contributed by atoms with Crippen LogP contribution in [-0.4, -0.2) is 33.0 Å². The Bertz CT molecular complexity index is 1140. The molecule has 0 unspecified atom stereocenters. The van der Waals surface area contributed by atoms with E-state index in [0.717, 1.165) is 0 Å². The second-order valence-corrected chi connectivity index (χ2v) is 6.91. The monoisotopic (exact) mass is 414 g/mol. The van der Waals surface area contributed by atoms with E-state index >= 15 is 0 Å². The lowest BCUT2D eigenvalue weighted by Crippen LogP contribution is -2.37. The summed E-state index contributed by atoms with van der Waals surface area (Å²) in [5.41, 5.74) is 8.24. The van der Waals surface area contributed by atoms with Crippen molar-refractivity contribution in [2.45, 2.75) is 19.4 Å². The number of carbonyl (C=O) groups excluding carboxylic acids is 1. The average Bonchev–Trinajstić information content (AvgIpc) is 2.67. The fraction of sp³-hybridized carbons (Fsp3) is 0.211. The number of rotatable bonds is 3. The van der Waals surface area contributed by atoms with Crippen molar-refractivity contribution < 1.29 is 13.9 Å². The highest BCUT2D eigenvalue weighted by molar-refractivity contribution is 6.31. The van der Waals surface area contributed by atoms with E-state index in [1.807, 2.05) is 0 Å². The topological polar surface area (TPSA) is 116 Å². The summed E-state index contributed by atoms with van der Waals surface area (Å²) in [6, 6.07) is 3.72. The molecule has 0 spiro atoms. The zero-order valence-corrected chi connectivity index (χ0v) is 16.3. The van der Waals surface area contributed by atoms with E-state index < -0.39 is 11.9 Å². The van der Waals surface area contributed by atoms with Gasteiger partial charge in [-0.1, -0.05) is 17.7 Å². The lowest BCUT2D eigenvalue weighted by Gasteiger charge is -2.27. The number of fused-ring (bicyclic) bond motifs is 1. The Labute approximate surface area is 170 Å². The minimum Gasteiger partial charge on any atom is -0.480 e. The number of ether oxygens (including phenoxy) is 1. The molecule has 0 fully saturated rings. The van der Waals surface area contributed by atoms with Gasteiger partial charge in [-0.25, -0.2) is 19.3 Å². The molecular formula is C19H16ClFN6O2. The Morgan fingerprint density at radius 1 is 1.31 bits per heavy atom. The van der Waals surface area contributed by atoms with Crippen molar-refractivity contribution in [2.75, 3.05) is 12.8 Å². The van der Waals surface area contributed by atoms with Gasteiger partial charge in [0, 0.05) is 12.0 Å². The number of methoxy groups -OCH3 is 1. The van der Waals surface area contributed by atoms with Crippen molar-refractivity contribution in [3.05, 3.63) is 57.8 Å². The summed E-state index contributed by atoms with van der Waals surface area (Å²) in [5.74, 6) is -0.301. The fourth-order valence-corrected chi connectivity index (χ4v) is 3.58. The van der Waals surface area contributed by atoms with Crippen molar-refractivity contribution in [3.8, 4) is 17.3 Å². The maximum Gasteiger partial charge on any atom is 0.255 e. The number of anilines is 1. The predicted molar refractivity (Wildman–Crippen MR) is 104 cm³/mol. The van der Waals surface area contributed by atoms with Crippen LogP contribution in [0, 0.1) is 12.7 Å². The molecule has 1 aromatic carbocycles. The molecule has 29 heavy (non-hydrogen) atoms. The predicted octanol–water partition coefficient (Wildman–Crippen LogP) is 2.65. The molecule has 1 amide bonds. The molecule has 0 saturated heterocycles. The third kappa shape index (κ3) is 3.44. The van der Waals surface area contributed by atoms with Crippen molar-refractivity contribution in [2.24, 2.45) is 0 Å². The Kier molecular flexibility index (Phi) is 4.75. The van der Waals surface area contributed by atoms with Gasteiger partial charge in [0.05, 0.1) is 36.3 Å². The number of hydrogen-bond donors (Lipinski definition) is 2. The lowest BCUT2D eigenvalue weighted by atomic mass is 9.91. The molecule has 8 nitrogen and oxygen atoms in total. The van der Waals surface area contributed by atoms with E-state index in [1.165, 1.54) is 25.4 Å². The number of nitrogens with one attached hydrogen (secondary N) is 1. The van der Waals surface area contributed by atoms with Crippen LogP contribution >= 0.6 is 11.6 Å². The average molecular weight is 415 g/mol. The summed E-state index contributed by atoms with van der Waals surface area (Å²) in [5, 5.41) is 3.16. The van der Waals surface area contributed by atoms with Crippen molar-refractivity contribution in [3.63, 3.8) is 0 Å². The Balaban J connectivity index is 1.82. The number of benzene rings is 1. The standard InChI is InChI=1S/C19H16ClFN6O2/c1-8-15-14(26-19(22)24-8)6-13(25-17(15)28)10-4-3-9(21)5-11(10)16-23-7-12(20)18(27-16)29-2/h3-5,7,13H,6H2,1-2H3,(H,25,28)(H2,22,24,26)/t13-/m1/s1. The number of nitrogens with two attached hydrogens (primary N) is 1. The number of nitrogens with zero attached hydrogens (tertiary/aromatic N) is 4. The highest BCUT2D eigenvalue weighted by Gasteiger charge is 2.31. The molecule has 0 aliphatic carbocycles. The summed E-state index contributed by atoms with van der Waals surface area (Å²) >= 11 is 6.00. The number of carbonyl (C=O) groups is 1. The van der Waals surface area contributed by atoms with Crippen LogP contribution in [0.25, 0.3) is 11.4 Å². The molecular weight excluding hydrogens is 399 g/mol. The number of aryl methyl sites for hydroxylation is 1. The first-order valence-corrected chi connectivity index (χ1v) is 9.05. The van der Waals surface area contributed by atoms with Crippen LogP contribution in [0.15, 0.2) is 24.4 Å². The van der Waals surface area contributed by atoms with Gasteiger partial charge >= 0.3 is 0 Å². The summed E-state index contributed by atoms with van der Waals surface area (Å²) in [6.45, 7) is 1.70. The Morgan fingerprint density at radius 2 is 2.10 bits per heavy atom. The maximum atomic E-state index is 14.0. The molecule has 1 aliphatic rings. The van der Waals surface area contributed by atoms with Crippen molar-refractivity contribution in [1.82, 2.24) is 25.3 Å². The van der Waals surface area contributed by atoms with E-state index in [9.17, 15) is 9.18 Å². The van der Waals surface area contributed by atoms with Gasteiger partial charge in [0.25, 0.3) is 5.91 Å². The molecule has 0 bridgehead atoms. The lowest BCUT2D eigenvalue weighted by molar-refractivity contribution is 0.0922. The van der Waals surface area contributed by atoms with Crippen LogP contribution in [0.1, 0.15) is 33.4 Å². The zero-order chi connectivity index (χ0) is 20.7. The quantitative estimate of drug-likeness (QED) is 0.676. The van der Waals surface area contributed by atoms with E-state index in [-0.39, 0.29) is 28.6 Å². The normalized spacial score (nSPS) is 15.6. The molecule has 2 aromatic heterocycles. The summed E-state index contributed by atoms with van der Waals surface area (Å²) in [6.07, 6.45) is 1.74. The molecule has 10 heteroatoms. The van der Waals surface area contributed by atoms with Gasteiger partial charge in [-0.05, 0) is 24.6 Å². The van der Waals surface area contributed by atoms with E-state index in [2.05, 4.69) is 25.3 Å². The smallest absolute Gasteiger partial charge is 0.255 e. The second-order valence-electron chi connectivity index (χ2n) is 6.50. The molecule has 3 heterocycles. The van der Waals surface area contributed by atoms with E-state index in [1.54, 1.807) is 13.0 Å².